The Morgan fingerprint density at radius 2 is 0.871 bits per heavy atom. The van der Waals surface area contributed by atoms with Crippen LogP contribution in [-0.4, -0.2) is 4.57 Å². The Morgan fingerprint density at radius 3 is 1.32 bits per heavy atom. The van der Waals surface area contributed by atoms with Crippen molar-refractivity contribution >= 4 is 0 Å². The van der Waals surface area contributed by atoms with Crippen LogP contribution >= 0.6 is 0 Å². The summed E-state index contributed by atoms with van der Waals surface area (Å²) >= 11 is 0. The molecule has 0 aromatic carbocycles. The van der Waals surface area contributed by atoms with E-state index in [0.717, 1.165) is 0 Å². The number of aromatic nitrogens is 2. The molecule has 0 aliphatic rings. The Morgan fingerprint density at radius 1 is 0.484 bits per heavy atom. The Bertz CT molecular complexity index is 425. The summed E-state index contributed by atoms with van der Waals surface area (Å²) in [6.45, 7) is 6.99. The maximum atomic E-state index is 2.40. The van der Waals surface area contributed by atoms with E-state index in [9.17, 15) is 0 Å². The molecule has 0 amide bonds. The van der Waals surface area contributed by atoms with Gasteiger partial charge in [-0.05, 0) is 25.7 Å². The highest BCUT2D eigenvalue weighted by Gasteiger charge is 2.03. The zero-order chi connectivity index (χ0) is 22.2. The van der Waals surface area contributed by atoms with Gasteiger partial charge in [0.1, 0.15) is 12.4 Å². The molecular formula is C29H57N2+. The molecule has 2 heteroatoms. The maximum Gasteiger partial charge on any atom is 0.243 e. The van der Waals surface area contributed by atoms with Crippen LogP contribution < -0.4 is 4.57 Å². The zero-order valence-corrected chi connectivity index (χ0v) is 21.6. The van der Waals surface area contributed by atoms with E-state index < -0.39 is 0 Å². The van der Waals surface area contributed by atoms with Crippen molar-refractivity contribution in [2.24, 2.45) is 0 Å². The topological polar surface area (TPSA) is 8.81 Å². The van der Waals surface area contributed by atoms with Crippen molar-refractivity contribution in [1.82, 2.24) is 4.57 Å². The minimum atomic E-state index is 1.20. The number of rotatable bonds is 24. The number of imidazole rings is 1. The monoisotopic (exact) mass is 433 g/mol. The standard InChI is InChI=1S/C29H57N2/c1-3-5-7-9-11-13-15-17-19-21-23-25-30-27-28-31(29-30)26-24-22-20-18-16-14-12-10-8-6-4-2/h27-29H,3-26H2,1-2H3/q+1. The molecule has 1 heterocycles. The van der Waals surface area contributed by atoms with Crippen molar-refractivity contribution in [2.45, 2.75) is 168 Å². The van der Waals surface area contributed by atoms with E-state index in [1.165, 1.54) is 154 Å². The van der Waals surface area contributed by atoms with Crippen LogP contribution in [0.5, 0.6) is 0 Å². The fourth-order valence-electron chi connectivity index (χ4n) is 4.62. The van der Waals surface area contributed by atoms with Crippen molar-refractivity contribution in [1.29, 1.82) is 0 Å². The summed E-state index contributed by atoms with van der Waals surface area (Å²) in [4.78, 5) is 0. The second-order valence-electron chi connectivity index (χ2n) is 9.96. The molecule has 1 aromatic heterocycles. The number of hydrogen-bond donors (Lipinski definition) is 0. The van der Waals surface area contributed by atoms with Crippen LogP contribution in [0, 0.1) is 0 Å². The summed E-state index contributed by atoms with van der Waals surface area (Å²) in [5.74, 6) is 0. The third kappa shape index (κ3) is 18.5. The van der Waals surface area contributed by atoms with Crippen LogP contribution in [0.4, 0.5) is 0 Å². The van der Waals surface area contributed by atoms with Crippen molar-refractivity contribution in [3.63, 3.8) is 0 Å². The minimum absolute atomic E-state index is 1.20. The predicted molar refractivity (Wildman–Crippen MR) is 138 cm³/mol. The summed E-state index contributed by atoms with van der Waals surface area (Å²) < 4.78 is 4.79. The Hall–Kier alpha value is -0.790. The van der Waals surface area contributed by atoms with Gasteiger partial charge in [-0.2, -0.15) is 0 Å². The third-order valence-corrected chi connectivity index (χ3v) is 6.79. The van der Waals surface area contributed by atoms with Gasteiger partial charge >= 0.3 is 0 Å². The van der Waals surface area contributed by atoms with Crippen LogP contribution in [0.15, 0.2) is 18.7 Å². The molecule has 0 unspecified atom stereocenters. The smallest absolute Gasteiger partial charge is 0.237 e. The number of hydrogen-bond acceptors (Lipinski definition) is 0. The van der Waals surface area contributed by atoms with Gasteiger partial charge < -0.3 is 0 Å². The molecule has 0 radical (unpaired) electrons. The van der Waals surface area contributed by atoms with Crippen LogP contribution in [0.3, 0.4) is 0 Å². The molecule has 31 heavy (non-hydrogen) atoms. The molecule has 0 saturated carbocycles. The van der Waals surface area contributed by atoms with Gasteiger partial charge in [0.25, 0.3) is 0 Å². The van der Waals surface area contributed by atoms with Crippen molar-refractivity contribution < 1.29 is 4.57 Å². The van der Waals surface area contributed by atoms with Crippen LogP contribution in [0.1, 0.15) is 155 Å². The fraction of sp³-hybridized carbons (Fsp3) is 0.897. The van der Waals surface area contributed by atoms with Gasteiger partial charge in [0.05, 0.1) is 13.1 Å². The lowest BCUT2D eigenvalue weighted by atomic mass is 10.1. The first-order chi connectivity index (χ1) is 15.4. The second-order valence-corrected chi connectivity index (χ2v) is 9.96. The molecule has 0 bridgehead atoms. The van der Waals surface area contributed by atoms with Gasteiger partial charge in [0, 0.05) is 0 Å². The molecule has 0 spiro atoms. The Kier molecular flexibility index (Phi) is 20.4. The molecule has 0 N–H and O–H groups in total. The van der Waals surface area contributed by atoms with Crippen LogP contribution in [-0.2, 0) is 13.1 Å². The molecule has 0 atom stereocenters. The first kappa shape index (κ1) is 28.2. The molecule has 0 fully saturated rings. The highest BCUT2D eigenvalue weighted by Crippen LogP contribution is 2.12. The number of unbranched alkanes of at least 4 members (excludes halogenated alkanes) is 20. The van der Waals surface area contributed by atoms with Crippen molar-refractivity contribution in [3.8, 4) is 0 Å². The van der Waals surface area contributed by atoms with Gasteiger partial charge in [0.2, 0.25) is 6.33 Å². The molecule has 0 saturated heterocycles. The van der Waals surface area contributed by atoms with E-state index in [4.69, 9.17) is 0 Å². The van der Waals surface area contributed by atoms with E-state index >= 15 is 0 Å². The summed E-state index contributed by atoms with van der Waals surface area (Å²) in [5.41, 5.74) is 0. The number of nitrogens with zero attached hydrogens (tertiary/aromatic N) is 2. The van der Waals surface area contributed by atoms with Crippen LogP contribution in [0.25, 0.3) is 0 Å². The maximum absolute atomic E-state index is 2.40. The lowest BCUT2D eigenvalue weighted by Crippen LogP contribution is -2.30. The average molecular weight is 434 g/mol. The van der Waals surface area contributed by atoms with Gasteiger partial charge in [-0.25, -0.2) is 9.13 Å². The quantitative estimate of drug-likeness (QED) is 0.113. The summed E-state index contributed by atoms with van der Waals surface area (Å²) in [7, 11) is 0. The third-order valence-electron chi connectivity index (χ3n) is 6.79. The average Bonchev–Trinajstić information content (AvgIpc) is 3.23. The molecule has 182 valence electrons. The fourth-order valence-corrected chi connectivity index (χ4v) is 4.62. The molecule has 1 rings (SSSR count). The molecular weight excluding hydrogens is 376 g/mol. The zero-order valence-electron chi connectivity index (χ0n) is 21.6. The van der Waals surface area contributed by atoms with E-state index in [0.29, 0.717) is 0 Å². The molecule has 2 nitrogen and oxygen atoms in total. The largest absolute Gasteiger partial charge is 0.243 e. The Balaban J connectivity index is 1.86. The SMILES string of the molecule is CCCCCCCCCCCCCn1cc[n+](CCCCCCCCCCCCC)c1. The first-order valence-corrected chi connectivity index (χ1v) is 14.4. The van der Waals surface area contributed by atoms with Gasteiger partial charge in [-0.3, -0.25) is 0 Å². The van der Waals surface area contributed by atoms with E-state index in [1.807, 2.05) is 0 Å². The molecule has 0 aliphatic carbocycles. The Labute approximate surface area is 196 Å². The lowest BCUT2D eigenvalue weighted by molar-refractivity contribution is -0.696. The second kappa shape index (κ2) is 22.4. The van der Waals surface area contributed by atoms with E-state index in [2.05, 4.69) is 41.7 Å². The van der Waals surface area contributed by atoms with E-state index in [1.54, 1.807) is 0 Å². The predicted octanol–water partition coefficient (Wildman–Crippen LogP) is 9.40. The summed E-state index contributed by atoms with van der Waals surface area (Å²) in [6, 6.07) is 0. The van der Waals surface area contributed by atoms with Gasteiger partial charge in [0.15, 0.2) is 0 Å². The highest BCUT2D eigenvalue weighted by atomic mass is 15.1. The van der Waals surface area contributed by atoms with Crippen molar-refractivity contribution in [2.75, 3.05) is 0 Å². The molecule has 0 aliphatic heterocycles. The normalized spacial score (nSPS) is 11.4. The van der Waals surface area contributed by atoms with Gasteiger partial charge in [-0.1, -0.05) is 129 Å². The first-order valence-electron chi connectivity index (χ1n) is 14.4. The molecule has 1 aromatic rings. The number of aryl methyl sites for hydroxylation is 2. The van der Waals surface area contributed by atoms with Crippen LogP contribution in [0.2, 0.25) is 0 Å². The van der Waals surface area contributed by atoms with Gasteiger partial charge in [-0.15, -0.1) is 0 Å². The summed E-state index contributed by atoms with van der Waals surface area (Å²) in [5, 5.41) is 0. The highest BCUT2D eigenvalue weighted by molar-refractivity contribution is 4.66. The van der Waals surface area contributed by atoms with E-state index in [-0.39, 0.29) is 0 Å². The van der Waals surface area contributed by atoms with Crippen molar-refractivity contribution in [3.05, 3.63) is 18.7 Å². The lowest BCUT2D eigenvalue weighted by Gasteiger charge is -2.02. The minimum Gasteiger partial charge on any atom is -0.237 e. The summed E-state index contributed by atoms with van der Waals surface area (Å²) in [6.07, 6.45) is 38.2.